The summed E-state index contributed by atoms with van der Waals surface area (Å²) in [7, 11) is 0. The fourth-order valence-corrected chi connectivity index (χ4v) is 5.93. The first-order valence-electron chi connectivity index (χ1n) is 13.1. The zero-order chi connectivity index (χ0) is 26.3. The lowest BCUT2D eigenvalue weighted by Crippen LogP contribution is -2.13. The van der Waals surface area contributed by atoms with Gasteiger partial charge >= 0.3 is 0 Å². The van der Waals surface area contributed by atoms with E-state index < -0.39 is 0 Å². The molecule has 0 saturated carbocycles. The second-order valence-corrected chi connectivity index (χ2v) is 11.1. The summed E-state index contributed by atoms with van der Waals surface area (Å²) in [5, 5.41) is 6.64. The predicted octanol–water partition coefficient (Wildman–Crippen LogP) is 8.08. The van der Waals surface area contributed by atoms with Crippen molar-refractivity contribution in [3.63, 3.8) is 0 Å². The first kappa shape index (κ1) is 22.1. The standard InChI is InChI=1S/C33H25N5O/c1-33(2,3)28-8-4-6-24-22-11-9-20(18-26(22)31-35-14-16-37(31)29(24)28)39-21-10-12-23-25-7-5-13-34-30(25)38-17-15-36-32(38)27(23)19-21/h4-19H,1-3H3. The maximum absolute atomic E-state index is 6.46. The molecule has 5 heterocycles. The number of hydrogen-bond donors (Lipinski definition) is 0. The Morgan fingerprint density at radius 3 is 1.87 bits per heavy atom. The van der Waals surface area contributed by atoms with Gasteiger partial charge in [-0.1, -0.05) is 39.0 Å². The highest BCUT2D eigenvalue weighted by atomic mass is 16.5. The van der Waals surface area contributed by atoms with Crippen LogP contribution in [0.2, 0.25) is 0 Å². The molecule has 8 rings (SSSR count). The predicted molar refractivity (Wildman–Crippen MR) is 157 cm³/mol. The second kappa shape index (κ2) is 7.77. The van der Waals surface area contributed by atoms with Crippen LogP contribution in [0.15, 0.2) is 97.7 Å². The van der Waals surface area contributed by atoms with Crippen LogP contribution in [-0.4, -0.2) is 23.8 Å². The third-order valence-electron chi connectivity index (χ3n) is 7.66. The van der Waals surface area contributed by atoms with E-state index in [0.29, 0.717) is 0 Å². The maximum atomic E-state index is 6.46. The molecule has 0 aliphatic heterocycles. The van der Waals surface area contributed by atoms with Crippen LogP contribution < -0.4 is 4.74 Å². The summed E-state index contributed by atoms with van der Waals surface area (Å²) in [5.74, 6) is 1.52. The van der Waals surface area contributed by atoms with E-state index in [1.807, 2.05) is 47.4 Å². The van der Waals surface area contributed by atoms with Crippen molar-refractivity contribution in [3.8, 4) is 11.5 Å². The highest BCUT2D eigenvalue weighted by molar-refractivity contribution is 6.13. The van der Waals surface area contributed by atoms with Crippen molar-refractivity contribution in [3.05, 3.63) is 103 Å². The quantitative estimate of drug-likeness (QED) is 0.222. The Hall–Kier alpha value is -4.97. The van der Waals surface area contributed by atoms with Gasteiger partial charge in [0.05, 0.1) is 5.52 Å². The highest BCUT2D eigenvalue weighted by Crippen LogP contribution is 2.38. The van der Waals surface area contributed by atoms with E-state index in [2.05, 4.69) is 89.9 Å². The van der Waals surface area contributed by atoms with Gasteiger partial charge in [0.15, 0.2) is 0 Å². The largest absolute Gasteiger partial charge is 0.457 e. The lowest BCUT2D eigenvalue weighted by atomic mass is 9.85. The van der Waals surface area contributed by atoms with Crippen molar-refractivity contribution < 1.29 is 4.74 Å². The van der Waals surface area contributed by atoms with Crippen molar-refractivity contribution >= 4 is 54.8 Å². The Morgan fingerprint density at radius 2 is 1.15 bits per heavy atom. The second-order valence-electron chi connectivity index (χ2n) is 11.1. The number of nitrogens with zero attached hydrogens (tertiary/aromatic N) is 5. The van der Waals surface area contributed by atoms with Gasteiger partial charge in [0.2, 0.25) is 0 Å². The van der Waals surface area contributed by atoms with Gasteiger partial charge in [-0.2, -0.15) is 0 Å². The average molecular weight is 508 g/mol. The number of pyridine rings is 3. The molecule has 0 fully saturated rings. The molecule has 0 amide bonds. The lowest BCUT2D eigenvalue weighted by Gasteiger charge is -2.23. The van der Waals surface area contributed by atoms with E-state index in [1.54, 1.807) is 0 Å². The fraction of sp³-hybridized carbons (Fsp3) is 0.121. The van der Waals surface area contributed by atoms with E-state index in [4.69, 9.17) is 9.72 Å². The van der Waals surface area contributed by atoms with Crippen LogP contribution in [0.4, 0.5) is 0 Å². The van der Waals surface area contributed by atoms with E-state index in [9.17, 15) is 0 Å². The number of aromatic nitrogens is 5. The molecule has 0 spiro atoms. The molecule has 0 aliphatic carbocycles. The van der Waals surface area contributed by atoms with Crippen molar-refractivity contribution in [1.82, 2.24) is 23.8 Å². The van der Waals surface area contributed by atoms with Crippen LogP contribution in [0.5, 0.6) is 11.5 Å². The van der Waals surface area contributed by atoms with Gasteiger partial charge in [0.1, 0.15) is 28.4 Å². The molecule has 0 unspecified atom stereocenters. The smallest absolute Gasteiger partial charge is 0.146 e. The molecule has 5 aromatic heterocycles. The summed E-state index contributed by atoms with van der Waals surface area (Å²) in [5.41, 5.74) is 5.20. The van der Waals surface area contributed by atoms with E-state index in [0.717, 1.165) is 50.0 Å². The molecule has 0 atom stereocenters. The molecule has 39 heavy (non-hydrogen) atoms. The normalized spacial score (nSPS) is 12.5. The molecule has 6 heteroatoms. The molecule has 8 aromatic rings. The first-order chi connectivity index (χ1) is 19.0. The van der Waals surface area contributed by atoms with Crippen LogP contribution >= 0.6 is 0 Å². The number of fused-ring (bicyclic) bond motifs is 12. The number of imidazole rings is 2. The Bertz CT molecular complexity index is 2250. The molecular weight excluding hydrogens is 482 g/mol. The molecule has 3 aromatic carbocycles. The van der Waals surface area contributed by atoms with Crippen molar-refractivity contribution in [2.75, 3.05) is 0 Å². The number of ether oxygens (including phenoxy) is 1. The minimum absolute atomic E-state index is 0.00514. The van der Waals surface area contributed by atoms with Crippen LogP contribution in [0, 0.1) is 0 Å². The van der Waals surface area contributed by atoms with E-state index >= 15 is 0 Å². The van der Waals surface area contributed by atoms with Crippen LogP contribution in [-0.2, 0) is 5.41 Å². The Kier molecular flexibility index (Phi) is 4.39. The summed E-state index contributed by atoms with van der Waals surface area (Å²) in [6.45, 7) is 6.77. The van der Waals surface area contributed by atoms with Gasteiger partial charge in [-0.05, 0) is 70.3 Å². The summed E-state index contributed by atoms with van der Waals surface area (Å²) in [6, 6.07) is 23.1. The third kappa shape index (κ3) is 3.18. The van der Waals surface area contributed by atoms with Crippen LogP contribution in [0.3, 0.4) is 0 Å². The van der Waals surface area contributed by atoms with Crippen molar-refractivity contribution in [1.29, 1.82) is 0 Å². The third-order valence-corrected chi connectivity index (χ3v) is 7.66. The first-order valence-corrected chi connectivity index (χ1v) is 13.1. The Morgan fingerprint density at radius 1 is 0.564 bits per heavy atom. The highest BCUT2D eigenvalue weighted by Gasteiger charge is 2.21. The van der Waals surface area contributed by atoms with Gasteiger partial charge < -0.3 is 4.74 Å². The van der Waals surface area contributed by atoms with Gasteiger partial charge in [0, 0.05) is 52.5 Å². The van der Waals surface area contributed by atoms with Gasteiger partial charge in [-0.15, -0.1) is 0 Å². The SMILES string of the molecule is CC(C)(C)c1cccc2c3ccc(Oc4ccc5c6cccnc6n6ccnc6c5c4)cc3c3nccn3c12. The van der Waals surface area contributed by atoms with Crippen molar-refractivity contribution in [2.45, 2.75) is 26.2 Å². The fourth-order valence-electron chi connectivity index (χ4n) is 5.93. The Labute approximate surface area is 224 Å². The molecule has 0 N–H and O–H groups in total. The molecule has 188 valence electrons. The van der Waals surface area contributed by atoms with E-state index in [1.165, 1.54) is 21.9 Å². The van der Waals surface area contributed by atoms with Gasteiger partial charge in [0.25, 0.3) is 0 Å². The Balaban J connectivity index is 1.31. The molecule has 0 bridgehead atoms. The van der Waals surface area contributed by atoms with Crippen LogP contribution in [0.1, 0.15) is 26.3 Å². The van der Waals surface area contributed by atoms with Gasteiger partial charge in [-0.25, -0.2) is 15.0 Å². The average Bonchev–Trinajstić information content (AvgIpc) is 3.63. The summed E-state index contributed by atoms with van der Waals surface area (Å²) in [6.07, 6.45) is 9.50. The summed E-state index contributed by atoms with van der Waals surface area (Å²) in [4.78, 5) is 14.0. The minimum Gasteiger partial charge on any atom is -0.457 e. The monoisotopic (exact) mass is 507 g/mol. The topological polar surface area (TPSA) is 56.7 Å². The summed E-state index contributed by atoms with van der Waals surface area (Å²) >= 11 is 0. The number of rotatable bonds is 2. The van der Waals surface area contributed by atoms with E-state index in [-0.39, 0.29) is 5.41 Å². The molecule has 0 radical (unpaired) electrons. The maximum Gasteiger partial charge on any atom is 0.146 e. The van der Waals surface area contributed by atoms with Crippen molar-refractivity contribution in [2.24, 2.45) is 0 Å². The number of benzene rings is 3. The zero-order valence-corrected chi connectivity index (χ0v) is 21.9. The number of para-hydroxylation sites is 1. The summed E-state index contributed by atoms with van der Waals surface area (Å²) < 4.78 is 10.7. The lowest BCUT2D eigenvalue weighted by molar-refractivity contribution is 0.484. The zero-order valence-electron chi connectivity index (χ0n) is 21.9. The number of hydrogen-bond acceptors (Lipinski definition) is 4. The van der Waals surface area contributed by atoms with Crippen LogP contribution in [0.25, 0.3) is 54.8 Å². The molecular formula is C33H25N5O. The molecule has 0 aliphatic rings. The molecule has 0 saturated heterocycles. The minimum atomic E-state index is 0.00514. The van der Waals surface area contributed by atoms with Gasteiger partial charge in [-0.3, -0.25) is 8.80 Å². The molecule has 6 nitrogen and oxygen atoms in total.